The van der Waals surface area contributed by atoms with Crippen molar-refractivity contribution in [2.24, 2.45) is 0 Å². The number of ether oxygens (including phenoxy) is 1. The van der Waals surface area contributed by atoms with Crippen molar-refractivity contribution in [3.8, 4) is 5.75 Å². The Bertz CT molecular complexity index is 1160. The molecular weight excluding hydrogens is 380 g/mol. The molecule has 1 aromatic heterocycles. The van der Waals surface area contributed by atoms with Crippen LogP contribution in [0.2, 0.25) is 0 Å². The second-order valence-corrected chi connectivity index (χ2v) is 8.48. The van der Waals surface area contributed by atoms with Crippen LogP contribution in [0.15, 0.2) is 58.4 Å². The number of oxazole rings is 1. The molecule has 1 atom stereocenters. The van der Waals surface area contributed by atoms with Crippen LogP contribution in [0.5, 0.6) is 5.75 Å². The number of fused-ring (bicyclic) bond motifs is 1. The molecule has 0 aliphatic carbocycles. The SMILES string of the molecule is COc1ccc(Cc2nc3ccc(C(=O)N[C@H]4C=CS(=O)(=O)C4)cc3o2)cc1. The minimum Gasteiger partial charge on any atom is -0.497 e. The van der Waals surface area contributed by atoms with Crippen LogP contribution < -0.4 is 10.1 Å². The van der Waals surface area contributed by atoms with Gasteiger partial charge in [-0.1, -0.05) is 12.1 Å². The van der Waals surface area contributed by atoms with Crippen molar-refractivity contribution in [2.45, 2.75) is 12.5 Å². The molecule has 0 fully saturated rings. The first-order valence-electron chi connectivity index (χ1n) is 8.66. The Labute approximate surface area is 161 Å². The Balaban J connectivity index is 1.49. The number of benzene rings is 2. The molecule has 0 saturated heterocycles. The van der Waals surface area contributed by atoms with Crippen molar-refractivity contribution >= 4 is 26.8 Å². The average molecular weight is 398 g/mol. The third-order valence-electron chi connectivity index (χ3n) is 4.46. The molecule has 2 aromatic carbocycles. The molecule has 1 aliphatic rings. The summed E-state index contributed by atoms with van der Waals surface area (Å²) >= 11 is 0. The van der Waals surface area contributed by atoms with E-state index in [2.05, 4.69) is 10.3 Å². The molecular formula is C20H18N2O5S. The van der Waals surface area contributed by atoms with Gasteiger partial charge in [-0.3, -0.25) is 4.79 Å². The number of nitrogens with zero attached hydrogens (tertiary/aromatic N) is 1. The Morgan fingerprint density at radius 2 is 2.04 bits per heavy atom. The maximum absolute atomic E-state index is 12.4. The number of carbonyl (C=O) groups excluding carboxylic acids is 1. The molecule has 4 rings (SSSR count). The van der Waals surface area contributed by atoms with Crippen molar-refractivity contribution < 1.29 is 22.4 Å². The second-order valence-electron chi connectivity index (χ2n) is 6.55. The Hall–Kier alpha value is -3.13. The molecule has 0 spiro atoms. The minimum atomic E-state index is -3.22. The number of methoxy groups -OCH3 is 1. The fraction of sp³-hybridized carbons (Fsp3) is 0.200. The van der Waals surface area contributed by atoms with Gasteiger partial charge in [0.15, 0.2) is 21.3 Å². The van der Waals surface area contributed by atoms with Gasteiger partial charge in [0.25, 0.3) is 5.91 Å². The lowest BCUT2D eigenvalue weighted by atomic mass is 10.1. The number of hydrogen-bond acceptors (Lipinski definition) is 6. The summed E-state index contributed by atoms with van der Waals surface area (Å²) < 4.78 is 33.8. The summed E-state index contributed by atoms with van der Waals surface area (Å²) in [5.74, 6) is 0.848. The molecule has 2 heterocycles. The minimum absolute atomic E-state index is 0.116. The highest BCUT2D eigenvalue weighted by atomic mass is 32.2. The third-order valence-corrected chi connectivity index (χ3v) is 5.85. The quantitative estimate of drug-likeness (QED) is 0.709. The number of rotatable bonds is 5. The number of sulfone groups is 1. The molecule has 8 heteroatoms. The average Bonchev–Trinajstić information content (AvgIpc) is 3.23. The van der Waals surface area contributed by atoms with E-state index in [0.717, 1.165) is 16.7 Å². The van der Waals surface area contributed by atoms with Gasteiger partial charge in [0.2, 0.25) is 0 Å². The van der Waals surface area contributed by atoms with Gasteiger partial charge in [-0.2, -0.15) is 0 Å². The Morgan fingerprint density at radius 3 is 2.71 bits per heavy atom. The molecule has 1 amide bonds. The second kappa shape index (κ2) is 7.12. The van der Waals surface area contributed by atoms with Crippen LogP contribution >= 0.6 is 0 Å². The molecule has 3 aromatic rings. The van der Waals surface area contributed by atoms with E-state index in [-0.39, 0.29) is 11.7 Å². The van der Waals surface area contributed by atoms with Crippen LogP contribution in [0.3, 0.4) is 0 Å². The molecule has 28 heavy (non-hydrogen) atoms. The molecule has 0 unspecified atom stereocenters. The van der Waals surface area contributed by atoms with Crippen molar-refractivity contribution in [1.82, 2.24) is 10.3 Å². The van der Waals surface area contributed by atoms with Gasteiger partial charge < -0.3 is 14.5 Å². The lowest BCUT2D eigenvalue weighted by Gasteiger charge is -2.09. The van der Waals surface area contributed by atoms with Gasteiger partial charge in [0, 0.05) is 17.4 Å². The highest BCUT2D eigenvalue weighted by Crippen LogP contribution is 2.21. The summed E-state index contributed by atoms with van der Waals surface area (Å²) in [5.41, 5.74) is 2.58. The predicted octanol–water partition coefficient (Wildman–Crippen LogP) is 2.47. The fourth-order valence-corrected chi connectivity index (χ4v) is 4.26. The van der Waals surface area contributed by atoms with Crippen molar-refractivity contribution in [3.05, 3.63) is 71.0 Å². The molecule has 144 valence electrons. The number of nitrogens with one attached hydrogen (secondary N) is 1. The summed E-state index contributed by atoms with van der Waals surface area (Å²) in [4.78, 5) is 16.9. The molecule has 0 bridgehead atoms. The highest BCUT2D eigenvalue weighted by molar-refractivity contribution is 7.94. The summed E-state index contributed by atoms with van der Waals surface area (Å²) in [6.07, 6.45) is 2.00. The van der Waals surface area contributed by atoms with E-state index >= 15 is 0 Å². The van der Waals surface area contributed by atoms with E-state index in [0.29, 0.717) is 29.0 Å². The maximum Gasteiger partial charge on any atom is 0.251 e. The van der Waals surface area contributed by atoms with Crippen LogP contribution in [0, 0.1) is 0 Å². The molecule has 1 aliphatic heterocycles. The van der Waals surface area contributed by atoms with Gasteiger partial charge in [0.05, 0.1) is 18.9 Å². The lowest BCUT2D eigenvalue weighted by molar-refractivity contribution is 0.0947. The summed E-state index contributed by atoms with van der Waals surface area (Å²) in [6.45, 7) is 0. The number of hydrogen-bond donors (Lipinski definition) is 1. The summed E-state index contributed by atoms with van der Waals surface area (Å²) in [6, 6.07) is 12.1. The number of aromatic nitrogens is 1. The zero-order valence-electron chi connectivity index (χ0n) is 15.1. The number of amides is 1. The summed E-state index contributed by atoms with van der Waals surface area (Å²) in [5, 5.41) is 3.82. The first-order valence-corrected chi connectivity index (χ1v) is 10.4. The van der Waals surface area contributed by atoms with Crippen LogP contribution in [0.25, 0.3) is 11.1 Å². The Morgan fingerprint density at radius 1 is 1.25 bits per heavy atom. The van der Waals surface area contributed by atoms with E-state index in [1.54, 1.807) is 25.3 Å². The summed E-state index contributed by atoms with van der Waals surface area (Å²) in [7, 11) is -1.60. The predicted molar refractivity (Wildman–Crippen MR) is 104 cm³/mol. The van der Waals surface area contributed by atoms with Gasteiger partial charge in [-0.15, -0.1) is 0 Å². The fourth-order valence-electron chi connectivity index (χ4n) is 3.02. The normalized spacial score (nSPS) is 17.7. The standard InChI is InChI=1S/C20H18N2O5S/c1-26-16-5-2-13(3-6-16)10-19-22-17-7-4-14(11-18(17)27-19)20(23)21-15-8-9-28(24,25)12-15/h2-9,11,15H,10,12H2,1H3,(H,21,23)/t15-/m0/s1. The van der Waals surface area contributed by atoms with E-state index in [1.165, 1.54) is 6.08 Å². The van der Waals surface area contributed by atoms with E-state index in [1.807, 2.05) is 24.3 Å². The van der Waals surface area contributed by atoms with Crippen molar-refractivity contribution in [1.29, 1.82) is 0 Å². The van der Waals surface area contributed by atoms with Crippen molar-refractivity contribution in [3.63, 3.8) is 0 Å². The van der Waals surface area contributed by atoms with Gasteiger partial charge in [-0.25, -0.2) is 13.4 Å². The maximum atomic E-state index is 12.4. The van der Waals surface area contributed by atoms with E-state index < -0.39 is 15.9 Å². The van der Waals surface area contributed by atoms with Gasteiger partial charge in [-0.05, 0) is 42.0 Å². The monoisotopic (exact) mass is 398 g/mol. The zero-order valence-corrected chi connectivity index (χ0v) is 15.9. The zero-order chi connectivity index (χ0) is 19.7. The largest absolute Gasteiger partial charge is 0.497 e. The molecule has 0 saturated carbocycles. The van der Waals surface area contributed by atoms with Crippen LogP contribution in [-0.2, 0) is 16.3 Å². The lowest BCUT2D eigenvalue weighted by Crippen LogP contribution is -2.35. The molecule has 7 nitrogen and oxygen atoms in total. The van der Waals surface area contributed by atoms with Gasteiger partial charge >= 0.3 is 0 Å². The molecule has 0 radical (unpaired) electrons. The Kier molecular flexibility index (Phi) is 4.64. The first-order chi connectivity index (χ1) is 13.4. The van der Waals surface area contributed by atoms with Crippen molar-refractivity contribution in [2.75, 3.05) is 12.9 Å². The smallest absolute Gasteiger partial charge is 0.251 e. The van der Waals surface area contributed by atoms with E-state index in [4.69, 9.17) is 9.15 Å². The topological polar surface area (TPSA) is 98.5 Å². The number of carbonyl (C=O) groups is 1. The van der Waals surface area contributed by atoms with E-state index in [9.17, 15) is 13.2 Å². The molecule has 1 N–H and O–H groups in total. The first kappa shape index (κ1) is 18.2. The van der Waals surface area contributed by atoms with Crippen LogP contribution in [0.1, 0.15) is 21.8 Å². The van der Waals surface area contributed by atoms with Gasteiger partial charge in [0.1, 0.15) is 11.3 Å². The van der Waals surface area contributed by atoms with Crippen LogP contribution in [-0.4, -0.2) is 38.2 Å². The third kappa shape index (κ3) is 3.91. The highest BCUT2D eigenvalue weighted by Gasteiger charge is 2.23. The van der Waals surface area contributed by atoms with Crippen LogP contribution in [0.4, 0.5) is 0 Å².